The third-order valence-electron chi connectivity index (χ3n) is 2.14. The van der Waals surface area contributed by atoms with Gasteiger partial charge < -0.3 is 10.5 Å². The molecule has 7 heteroatoms. The molecule has 0 spiro atoms. The van der Waals surface area contributed by atoms with Gasteiger partial charge >= 0.3 is 6.18 Å². The summed E-state index contributed by atoms with van der Waals surface area (Å²) < 4.78 is 46.1. The zero-order valence-electron chi connectivity index (χ0n) is 9.07. The first-order valence-corrected chi connectivity index (χ1v) is 5.73. The van der Waals surface area contributed by atoms with E-state index in [0.717, 1.165) is 17.0 Å². The molecule has 96 valence electrons. The van der Waals surface area contributed by atoms with Crippen molar-refractivity contribution < 1.29 is 17.9 Å². The summed E-state index contributed by atoms with van der Waals surface area (Å²) in [5, 5.41) is 0. The zero-order chi connectivity index (χ0) is 13.2. The van der Waals surface area contributed by atoms with Gasteiger partial charge in [0.2, 0.25) is 0 Å². The molecule has 0 atom stereocenters. The summed E-state index contributed by atoms with van der Waals surface area (Å²) in [5.41, 5.74) is 4.74. The van der Waals surface area contributed by atoms with Gasteiger partial charge in [-0.3, -0.25) is 0 Å². The first-order chi connectivity index (χ1) is 8.45. The summed E-state index contributed by atoms with van der Waals surface area (Å²) in [6.45, 7) is 0.236. The first-order valence-electron chi connectivity index (χ1n) is 4.96. The van der Waals surface area contributed by atoms with Crippen molar-refractivity contribution in [3.05, 3.63) is 40.8 Å². The maximum Gasteiger partial charge on any atom is 0.416 e. The molecule has 0 amide bonds. The van der Waals surface area contributed by atoms with Gasteiger partial charge in [0.05, 0.1) is 10.4 Å². The predicted octanol–water partition coefficient (Wildman–Crippen LogP) is 3.32. The second-order valence-corrected chi connectivity index (χ2v) is 4.42. The van der Waals surface area contributed by atoms with Crippen LogP contribution in [0.4, 0.5) is 19.0 Å². The lowest BCUT2D eigenvalue weighted by Crippen LogP contribution is -2.04. The Morgan fingerprint density at radius 1 is 1.22 bits per heavy atom. The molecule has 0 aliphatic rings. The number of alkyl halides is 3. The molecule has 1 heterocycles. The minimum Gasteiger partial charge on any atom is -0.488 e. The Morgan fingerprint density at radius 2 is 1.89 bits per heavy atom. The molecule has 0 aliphatic heterocycles. The number of hydrogen-bond acceptors (Lipinski definition) is 4. The Morgan fingerprint density at radius 3 is 2.39 bits per heavy atom. The molecule has 1 aromatic heterocycles. The molecule has 0 aliphatic carbocycles. The third kappa shape index (κ3) is 3.13. The summed E-state index contributed by atoms with van der Waals surface area (Å²) >= 11 is 1.20. The van der Waals surface area contributed by atoms with Crippen LogP contribution in [-0.2, 0) is 12.8 Å². The van der Waals surface area contributed by atoms with Crippen LogP contribution in [0.15, 0.2) is 30.3 Å². The van der Waals surface area contributed by atoms with Crippen LogP contribution in [0.1, 0.15) is 10.4 Å². The van der Waals surface area contributed by atoms with E-state index < -0.39 is 11.7 Å². The van der Waals surface area contributed by atoms with Gasteiger partial charge in [-0.2, -0.15) is 17.5 Å². The molecule has 2 N–H and O–H groups in total. The fourth-order valence-electron chi connectivity index (χ4n) is 1.29. The van der Waals surface area contributed by atoms with Gasteiger partial charge in [0.25, 0.3) is 0 Å². The molecular formula is C11H9F3N2OS. The number of benzene rings is 1. The van der Waals surface area contributed by atoms with E-state index >= 15 is 0 Å². The van der Waals surface area contributed by atoms with Crippen LogP contribution in [0.3, 0.4) is 0 Å². The number of nitrogen functional groups attached to an aromatic ring is 1. The highest BCUT2D eigenvalue weighted by atomic mass is 32.1. The van der Waals surface area contributed by atoms with Gasteiger partial charge in [0, 0.05) is 0 Å². The Balaban J connectivity index is 1.98. The number of nitrogens with zero attached hydrogens (tertiary/aromatic N) is 1. The average Bonchev–Trinajstić information content (AvgIpc) is 2.72. The molecule has 0 saturated heterocycles. The van der Waals surface area contributed by atoms with Crippen LogP contribution < -0.4 is 10.5 Å². The van der Waals surface area contributed by atoms with Crippen molar-refractivity contribution in [2.24, 2.45) is 0 Å². The lowest BCUT2D eigenvalue weighted by Gasteiger charge is -2.08. The van der Waals surface area contributed by atoms with E-state index in [1.54, 1.807) is 6.07 Å². The lowest BCUT2D eigenvalue weighted by molar-refractivity contribution is -0.137. The van der Waals surface area contributed by atoms with Crippen molar-refractivity contribution in [3.63, 3.8) is 0 Å². The van der Waals surface area contributed by atoms with Crippen LogP contribution in [-0.4, -0.2) is 4.37 Å². The van der Waals surface area contributed by atoms with Crippen molar-refractivity contribution in [1.82, 2.24) is 4.37 Å². The molecule has 2 rings (SSSR count). The van der Waals surface area contributed by atoms with E-state index in [9.17, 15) is 13.2 Å². The average molecular weight is 274 g/mol. The van der Waals surface area contributed by atoms with Crippen molar-refractivity contribution in [2.75, 3.05) is 5.73 Å². The van der Waals surface area contributed by atoms with Crippen molar-refractivity contribution >= 4 is 17.4 Å². The molecule has 1 aromatic carbocycles. The minimum absolute atomic E-state index is 0.236. The molecule has 0 bridgehead atoms. The van der Waals surface area contributed by atoms with Crippen molar-refractivity contribution in [3.8, 4) is 5.75 Å². The Labute approximate surface area is 105 Å². The highest BCUT2D eigenvalue weighted by molar-refractivity contribution is 7.06. The minimum atomic E-state index is -4.33. The molecule has 2 aromatic rings. The van der Waals surface area contributed by atoms with Gasteiger partial charge in [-0.1, -0.05) is 0 Å². The van der Waals surface area contributed by atoms with E-state index in [-0.39, 0.29) is 6.61 Å². The number of hydrogen-bond donors (Lipinski definition) is 1. The molecule has 18 heavy (non-hydrogen) atoms. The summed E-state index contributed by atoms with van der Waals surface area (Å²) in [7, 11) is 0. The van der Waals surface area contributed by atoms with Crippen LogP contribution in [0, 0.1) is 0 Å². The monoisotopic (exact) mass is 274 g/mol. The molecular weight excluding hydrogens is 265 g/mol. The maximum absolute atomic E-state index is 12.3. The van der Waals surface area contributed by atoms with Crippen LogP contribution in [0.2, 0.25) is 0 Å². The fourth-order valence-corrected chi connectivity index (χ4v) is 1.85. The van der Waals surface area contributed by atoms with E-state index in [4.69, 9.17) is 10.5 Å². The Hall–Kier alpha value is -1.76. The smallest absolute Gasteiger partial charge is 0.416 e. The third-order valence-corrected chi connectivity index (χ3v) is 2.91. The number of halogens is 3. The molecule has 3 nitrogen and oxygen atoms in total. The normalized spacial score (nSPS) is 11.5. The highest BCUT2D eigenvalue weighted by Crippen LogP contribution is 2.30. The lowest BCUT2D eigenvalue weighted by atomic mass is 10.2. The van der Waals surface area contributed by atoms with Crippen LogP contribution in [0.5, 0.6) is 5.75 Å². The predicted molar refractivity (Wildman–Crippen MR) is 62.3 cm³/mol. The van der Waals surface area contributed by atoms with E-state index in [2.05, 4.69) is 4.37 Å². The maximum atomic E-state index is 12.3. The quantitative estimate of drug-likeness (QED) is 0.934. The SMILES string of the molecule is Nc1cc(COc2ccc(C(F)(F)F)cc2)sn1. The molecule has 0 fully saturated rings. The number of aromatic nitrogens is 1. The van der Waals surface area contributed by atoms with Gasteiger partial charge in [0.1, 0.15) is 18.2 Å². The van der Waals surface area contributed by atoms with Gasteiger partial charge in [-0.15, -0.1) is 0 Å². The highest BCUT2D eigenvalue weighted by Gasteiger charge is 2.29. The van der Waals surface area contributed by atoms with Crippen molar-refractivity contribution in [2.45, 2.75) is 12.8 Å². The first kappa shape index (κ1) is 12.7. The van der Waals surface area contributed by atoms with Crippen LogP contribution >= 0.6 is 11.5 Å². The Bertz CT molecular complexity index is 522. The van der Waals surface area contributed by atoms with E-state index in [1.807, 2.05) is 0 Å². The molecule has 0 saturated carbocycles. The summed E-state index contributed by atoms with van der Waals surface area (Å²) in [6.07, 6.45) is -4.33. The summed E-state index contributed by atoms with van der Waals surface area (Å²) in [4.78, 5) is 0.812. The van der Waals surface area contributed by atoms with Gasteiger partial charge in [-0.05, 0) is 41.9 Å². The van der Waals surface area contributed by atoms with Gasteiger partial charge in [0.15, 0.2) is 0 Å². The number of nitrogens with two attached hydrogens (primary N) is 1. The standard InChI is InChI=1S/C11H9F3N2OS/c12-11(13,14)7-1-3-8(4-2-7)17-6-9-5-10(15)16-18-9/h1-5H,6H2,(H2,15,16). The molecule has 0 unspecified atom stereocenters. The largest absolute Gasteiger partial charge is 0.488 e. The number of anilines is 1. The van der Waals surface area contributed by atoms with E-state index in [1.165, 1.54) is 23.7 Å². The summed E-state index contributed by atoms with van der Waals surface area (Å²) in [6, 6.07) is 6.20. The zero-order valence-corrected chi connectivity index (χ0v) is 9.89. The fraction of sp³-hybridized carbons (Fsp3) is 0.182. The number of ether oxygens (including phenoxy) is 1. The summed E-state index contributed by atoms with van der Waals surface area (Å²) in [5.74, 6) is 0.779. The molecule has 0 radical (unpaired) electrons. The Kier molecular flexibility index (Phi) is 3.42. The van der Waals surface area contributed by atoms with Crippen molar-refractivity contribution in [1.29, 1.82) is 0 Å². The van der Waals surface area contributed by atoms with E-state index in [0.29, 0.717) is 11.6 Å². The second-order valence-electron chi connectivity index (χ2n) is 3.53. The topological polar surface area (TPSA) is 48.1 Å². The second kappa shape index (κ2) is 4.85. The number of rotatable bonds is 3. The van der Waals surface area contributed by atoms with Gasteiger partial charge in [-0.25, -0.2) is 0 Å². The van der Waals surface area contributed by atoms with Crippen LogP contribution in [0.25, 0.3) is 0 Å².